The second-order valence-electron chi connectivity index (χ2n) is 7.19. The maximum Gasteiger partial charge on any atom is 0.278 e. The largest absolute Gasteiger partial charge is 0.494 e. The van der Waals surface area contributed by atoms with E-state index in [1.54, 1.807) is 0 Å². The fourth-order valence-electron chi connectivity index (χ4n) is 3.12. The molecule has 1 aliphatic heterocycles. The highest BCUT2D eigenvalue weighted by molar-refractivity contribution is 6.36. The molecule has 5 heteroatoms. The fraction of sp³-hybridized carbons (Fsp3) is 0.304. The second kappa shape index (κ2) is 8.30. The molecule has 1 N–H and O–H groups in total. The van der Waals surface area contributed by atoms with Crippen LogP contribution in [0.25, 0.3) is 5.57 Å². The Morgan fingerprint density at radius 2 is 1.61 bits per heavy atom. The maximum atomic E-state index is 13.0. The zero-order valence-corrected chi connectivity index (χ0v) is 16.8. The predicted molar refractivity (Wildman–Crippen MR) is 111 cm³/mol. The number of nitrogens with zero attached hydrogens (tertiary/aromatic N) is 1. The van der Waals surface area contributed by atoms with Gasteiger partial charge in [-0.15, -0.1) is 0 Å². The van der Waals surface area contributed by atoms with Gasteiger partial charge >= 0.3 is 0 Å². The van der Waals surface area contributed by atoms with E-state index in [2.05, 4.69) is 5.32 Å². The molecule has 0 aromatic heterocycles. The third-order valence-corrected chi connectivity index (χ3v) is 4.57. The van der Waals surface area contributed by atoms with Gasteiger partial charge in [0.05, 0.1) is 12.2 Å². The third-order valence-electron chi connectivity index (χ3n) is 4.57. The van der Waals surface area contributed by atoms with Crippen LogP contribution in [0.5, 0.6) is 5.75 Å². The molecule has 2 aromatic rings. The van der Waals surface area contributed by atoms with E-state index in [-0.39, 0.29) is 17.9 Å². The van der Waals surface area contributed by atoms with Crippen molar-refractivity contribution in [1.29, 1.82) is 0 Å². The number of rotatable bonds is 7. The zero-order chi connectivity index (χ0) is 20.3. The first-order valence-electron chi connectivity index (χ1n) is 9.61. The first-order valence-corrected chi connectivity index (χ1v) is 9.61. The number of carbonyl (C=O) groups excluding carboxylic acids is 2. The van der Waals surface area contributed by atoms with E-state index in [0.717, 1.165) is 23.4 Å². The van der Waals surface area contributed by atoms with Gasteiger partial charge in [-0.25, -0.2) is 0 Å². The summed E-state index contributed by atoms with van der Waals surface area (Å²) in [5.41, 5.74) is 3.29. The minimum absolute atomic E-state index is 0.223. The van der Waals surface area contributed by atoms with E-state index in [4.69, 9.17) is 4.74 Å². The lowest BCUT2D eigenvalue weighted by atomic mass is 10.0. The summed E-state index contributed by atoms with van der Waals surface area (Å²) in [6.07, 6.45) is 0.924. The summed E-state index contributed by atoms with van der Waals surface area (Å²) in [6.45, 7) is 8.36. The second-order valence-corrected chi connectivity index (χ2v) is 7.19. The van der Waals surface area contributed by atoms with Crippen LogP contribution in [-0.4, -0.2) is 29.4 Å². The summed E-state index contributed by atoms with van der Waals surface area (Å²) >= 11 is 0. The van der Waals surface area contributed by atoms with Crippen molar-refractivity contribution >= 4 is 23.1 Å². The van der Waals surface area contributed by atoms with Gasteiger partial charge in [-0.2, -0.15) is 0 Å². The van der Waals surface area contributed by atoms with Gasteiger partial charge in [-0.1, -0.05) is 36.8 Å². The topological polar surface area (TPSA) is 58.6 Å². The number of hydrogen-bond donors (Lipinski definition) is 1. The van der Waals surface area contributed by atoms with Crippen molar-refractivity contribution in [2.24, 2.45) is 0 Å². The zero-order valence-electron chi connectivity index (χ0n) is 16.8. The summed E-state index contributed by atoms with van der Waals surface area (Å²) < 4.78 is 5.62. The van der Waals surface area contributed by atoms with Crippen molar-refractivity contribution in [3.8, 4) is 5.75 Å². The molecule has 1 aliphatic rings. The Morgan fingerprint density at radius 3 is 2.18 bits per heavy atom. The van der Waals surface area contributed by atoms with Crippen molar-refractivity contribution in [2.45, 2.75) is 40.2 Å². The quantitative estimate of drug-likeness (QED) is 0.726. The molecule has 5 nitrogen and oxygen atoms in total. The van der Waals surface area contributed by atoms with E-state index < -0.39 is 0 Å². The molecule has 2 aromatic carbocycles. The van der Waals surface area contributed by atoms with Crippen LogP contribution < -0.4 is 10.1 Å². The van der Waals surface area contributed by atoms with Crippen LogP contribution in [0, 0.1) is 6.92 Å². The molecule has 3 rings (SSSR count). The van der Waals surface area contributed by atoms with Crippen LogP contribution in [0.2, 0.25) is 0 Å². The molecular formula is C23H26N2O3. The van der Waals surface area contributed by atoms with Gasteiger partial charge in [-0.3, -0.25) is 14.5 Å². The van der Waals surface area contributed by atoms with Crippen LogP contribution in [-0.2, 0) is 9.59 Å². The average molecular weight is 378 g/mol. The number of carbonyl (C=O) groups is 2. The molecule has 0 atom stereocenters. The van der Waals surface area contributed by atoms with Gasteiger partial charge < -0.3 is 10.1 Å². The summed E-state index contributed by atoms with van der Waals surface area (Å²) in [5.74, 6) is 0.162. The van der Waals surface area contributed by atoms with Gasteiger partial charge in [0.25, 0.3) is 11.8 Å². The van der Waals surface area contributed by atoms with Gasteiger partial charge in [0.2, 0.25) is 0 Å². The van der Waals surface area contributed by atoms with Crippen molar-refractivity contribution in [3.05, 3.63) is 65.4 Å². The first kappa shape index (κ1) is 19.7. The lowest BCUT2D eigenvalue weighted by molar-refractivity contribution is -0.138. The molecule has 2 amide bonds. The van der Waals surface area contributed by atoms with E-state index in [1.807, 2.05) is 76.2 Å². The highest BCUT2D eigenvalue weighted by Crippen LogP contribution is 2.32. The number of amides is 2. The van der Waals surface area contributed by atoms with E-state index in [0.29, 0.717) is 23.4 Å². The highest BCUT2D eigenvalue weighted by atomic mass is 16.5. The van der Waals surface area contributed by atoms with Crippen LogP contribution in [0.4, 0.5) is 5.69 Å². The van der Waals surface area contributed by atoms with Crippen LogP contribution in [0.1, 0.15) is 38.3 Å². The normalized spacial score (nSPS) is 14.2. The molecule has 0 aliphatic carbocycles. The van der Waals surface area contributed by atoms with Gasteiger partial charge in [0.1, 0.15) is 11.4 Å². The molecule has 0 spiro atoms. The Hall–Kier alpha value is -3.08. The fourth-order valence-corrected chi connectivity index (χ4v) is 3.12. The number of aryl methyl sites for hydroxylation is 1. The van der Waals surface area contributed by atoms with E-state index >= 15 is 0 Å². The lowest BCUT2D eigenvalue weighted by Gasteiger charge is -2.19. The number of hydrogen-bond acceptors (Lipinski definition) is 4. The molecule has 0 bridgehead atoms. The molecule has 0 unspecified atom stereocenters. The number of ether oxygens (including phenoxy) is 1. The van der Waals surface area contributed by atoms with E-state index in [9.17, 15) is 9.59 Å². The Balaban J connectivity index is 2.00. The molecular weight excluding hydrogens is 352 g/mol. The molecule has 146 valence electrons. The Bertz CT molecular complexity index is 896. The third kappa shape index (κ3) is 3.93. The Labute approximate surface area is 166 Å². The number of benzene rings is 2. The van der Waals surface area contributed by atoms with Gasteiger partial charge in [-0.05, 0) is 57.0 Å². The van der Waals surface area contributed by atoms with Gasteiger partial charge in [0.15, 0.2) is 0 Å². The molecule has 28 heavy (non-hydrogen) atoms. The number of nitrogens with one attached hydrogen (secondary N) is 1. The minimum Gasteiger partial charge on any atom is -0.494 e. The van der Waals surface area contributed by atoms with Crippen molar-refractivity contribution in [2.75, 3.05) is 11.9 Å². The summed E-state index contributed by atoms with van der Waals surface area (Å²) in [4.78, 5) is 27.3. The standard InChI is InChI=1S/C23H26N2O3/c1-5-14-28-19-12-8-17(9-13-19)20-21(23(27)25(15(2)3)22(20)26)24-18-10-6-16(4)7-11-18/h6-13,15,24H,5,14H2,1-4H3. The van der Waals surface area contributed by atoms with Crippen LogP contribution in [0.3, 0.4) is 0 Å². The van der Waals surface area contributed by atoms with E-state index in [1.165, 1.54) is 4.90 Å². The molecule has 0 fully saturated rings. The van der Waals surface area contributed by atoms with Crippen LogP contribution in [0.15, 0.2) is 54.2 Å². The number of anilines is 1. The summed E-state index contributed by atoms with van der Waals surface area (Å²) in [5, 5.41) is 3.17. The number of imide groups is 1. The predicted octanol–water partition coefficient (Wildman–Crippen LogP) is 4.38. The van der Waals surface area contributed by atoms with Crippen molar-refractivity contribution < 1.29 is 14.3 Å². The van der Waals surface area contributed by atoms with Crippen molar-refractivity contribution in [1.82, 2.24) is 4.90 Å². The highest BCUT2D eigenvalue weighted by Gasteiger charge is 2.40. The Kier molecular flexibility index (Phi) is 5.83. The smallest absolute Gasteiger partial charge is 0.278 e. The molecule has 1 heterocycles. The maximum absolute atomic E-state index is 13.0. The average Bonchev–Trinajstić information content (AvgIpc) is 2.92. The van der Waals surface area contributed by atoms with Crippen molar-refractivity contribution in [3.63, 3.8) is 0 Å². The Morgan fingerprint density at radius 1 is 0.964 bits per heavy atom. The summed E-state index contributed by atoms with van der Waals surface area (Å²) in [6, 6.07) is 14.8. The van der Waals surface area contributed by atoms with Gasteiger partial charge in [0, 0.05) is 11.7 Å². The minimum atomic E-state index is -0.304. The lowest BCUT2D eigenvalue weighted by Crippen LogP contribution is -2.38. The summed E-state index contributed by atoms with van der Waals surface area (Å²) in [7, 11) is 0. The molecule has 0 radical (unpaired) electrons. The molecule has 0 saturated carbocycles. The van der Waals surface area contributed by atoms with Crippen LogP contribution >= 0.6 is 0 Å². The first-order chi connectivity index (χ1) is 13.4. The molecule has 0 saturated heterocycles. The SMILES string of the molecule is CCCOc1ccc(C2=C(Nc3ccc(C)cc3)C(=O)N(C(C)C)C2=O)cc1. The monoisotopic (exact) mass is 378 g/mol.